The molecule has 66 valence electrons. The average Bonchev–Trinajstić information content (AvgIpc) is 2.60. The molecule has 2 N–H and O–H groups in total. The SMILES string of the molecule is NC1CCCC1.c1ccncc1. The number of hydrogen-bond donors (Lipinski definition) is 1. The van der Waals surface area contributed by atoms with E-state index in [2.05, 4.69) is 4.98 Å². The molecule has 2 nitrogen and oxygen atoms in total. The van der Waals surface area contributed by atoms with Gasteiger partial charge in [0.1, 0.15) is 0 Å². The van der Waals surface area contributed by atoms with Gasteiger partial charge in [-0.2, -0.15) is 0 Å². The van der Waals surface area contributed by atoms with Crippen LogP contribution < -0.4 is 5.73 Å². The molecule has 0 amide bonds. The summed E-state index contributed by atoms with van der Waals surface area (Å²) in [6.07, 6.45) is 8.75. The molecule has 2 heteroatoms. The summed E-state index contributed by atoms with van der Waals surface area (Å²) in [6.45, 7) is 0. The molecule has 1 aliphatic carbocycles. The minimum Gasteiger partial charge on any atom is -0.328 e. The zero-order valence-electron chi connectivity index (χ0n) is 7.32. The second-order valence-corrected chi connectivity index (χ2v) is 3.07. The zero-order chi connectivity index (χ0) is 8.65. The van der Waals surface area contributed by atoms with Crippen LogP contribution >= 0.6 is 0 Å². The van der Waals surface area contributed by atoms with Gasteiger partial charge in [-0.15, -0.1) is 0 Å². The van der Waals surface area contributed by atoms with Gasteiger partial charge in [0.25, 0.3) is 0 Å². The highest BCUT2D eigenvalue weighted by Crippen LogP contribution is 2.14. The maximum atomic E-state index is 5.53. The van der Waals surface area contributed by atoms with Crippen LogP contribution in [0.1, 0.15) is 25.7 Å². The Morgan fingerprint density at radius 3 is 1.75 bits per heavy atom. The Hall–Kier alpha value is -0.890. The number of nitrogens with zero attached hydrogens (tertiary/aromatic N) is 1. The van der Waals surface area contributed by atoms with E-state index in [1.165, 1.54) is 25.7 Å². The molecule has 1 aliphatic rings. The number of pyridine rings is 1. The van der Waals surface area contributed by atoms with E-state index in [-0.39, 0.29) is 0 Å². The standard InChI is InChI=1S/C5H5N.C5H11N/c1-2-4-6-5-3-1;6-5-3-1-2-4-5/h1-5H;5H,1-4,6H2. The van der Waals surface area contributed by atoms with Crippen molar-refractivity contribution in [2.75, 3.05) is 0 Å². The van der Waals surface area contributed by atoms with E-state index in [0.717, 1.165) is 0 Å². The van der Waals surface area contributed by atoms with Crippen LogP contribution in [0.3, 0.4) is 0 Å². The zero-order valence-corrected chi connectivity index (χ0v) is 7.32. The summed E-state index contributed by atoms with van der Waals surface area (Å²) >= 11 is 0. The van der Waals surface area contributed by atoms with Crippen LogP contribution in [0.5, 0.6) is 0 Å². The van der Waals surface area contributed by atoms with Gasteiger partial charge in [-0.1, -0.05) is 18.9 Å². The second-order valence-electron chi connectivity index (χ2n) is 3.07. The Kier molecular flexibility index (Phi) is 4.39. The molecule has 0 radical (unpaired) electrons. The van der Waals surface area contributed by atoms with Crippen LogP contribution in [0.15, 0.2) is 30.6 Å². The van der Waals surface area contributed by atoms with E-state index in [0.29, 0.717) is 6.04 Å². The van der Waals surface area contributed by atoms with Crippen LogP contribution in [0.4, 0.5) is 0 Å². The second kappa shape index (κ2) is 5.72. The fourth-order valence-electron chi connectivity index (χ4n) is 1.27. The summed E-state index contributed by atoms with van der Waals surface area (Å²) < 4.78 is 0. The highest BCUT2D eigenvalue weighted by atomic mass is 14.6. The molecule has 1 heterocycles. The molecule has 2 rings (SSSR count). The molecule has 12 heavy (non-hydrogen) atoms. The summed E-state index contributed by atoms with van der Waals surface area (Å²) in [4.78, 5) is 3.78. The number of hydrogen-bond acceptors (Lipinski definition) is 2. The van der Waals surface area contributed by atoms with E-state index >= 15 is 0 Å². The molecule has 0 aliphatic heterocycles. The Bertz CT molecular complexity index is 154. The molecule has 0 bridgehead atoms. The molecular formula is C10H16N2. The van der Waals surface area contributed by atoms with Crippen molar-refractivity contribution in [3.63, 3.8) is 0 Å². The summed E-state index contributed by atoms with van der Waals surface area (Å²) in [5.74, 6) is 0. The van der Waals surface area contributed by atoms with Gasteiger partial charge in [0.15, 0.2) is 0 Å². The third kappa shape index (κ3) is 4.09. The average molecular weight is 164 g/mol. The summed E-state index contributed by atoms with van der Waals surface area (Å²) in [6, 6.07) is 6.26. The fourth-order valence-corrected chi connectivity index (χ4v) is 1.27. The van der Waals surface area contributed by atoms with Gasteiger partial charge in [0, 0.05) is 18.4 Å². The lowest BCUT2D eigenvalue weighted by Gasteiger charge is -1.92. The minimum atomic E-state index is 0.546. The quantitative estimate of drug-likeness (QED) is 0.636. The molecule has 0 spiro atoms. The van der Waals surface area contributed by atoms with E-state index in [1.54, 1.807) is 12.4 Å². The smallest absolute Gasteiger partial charge is 0.0267 e. The van der Waals surface area contributed by atoms with E-state index in [1.807, 2.05) is 18.2 Å². The predicted octanol–water partition coefficient (Wildman–Crippen LogP) is 1.97. The van der Waals surface area contributed by atoms with E-state index < -0.39 is 0 Å². The van der Waals surface area contributed by atoms with E-state index in [4.69, 9.17) is 5.73 Å². The van der Waals surface area contributed by atoms with Gasteiger partial charge in [-0.3, -0.25) is 4.98 Å². The first-order valence-corrected chi connectivity index (χ1v) is 4.50. The molecule has 1 saturated carbocycles. The monoisotopic (exact) mass is 164 g/mol. The van der Waals surface area contributed by atoms with Crippen LogP contribution in [0.25, 0.3) is 0 Å². The van der Waals surface area contributed by atoms with Gasteiger partial charge in [-0.05, 0) is 25.0 Å². The third-order valence-corrected chi connectivity index (χ3v) is 1.97. The lowest BCUT2D eigenvalue weighted by Crippen LogP contribution is -2.13. The van der Waals surface area contributed by atoms with Crippen molar-refractivity contribution in [1.82, 2.24) is 4.98 Å². The highest BCUT2D eigenvalue weighted by molar-refractivity contribution is 4.88. The van der Waals surface area contributed by atoms with Crippen molar-refractivity contribution in [1.29, 1.82) is 0 Å². The maximum Gasteiger partial charge on any atom is 0.0267 e. The molecular weight excluding hydrogens is 148 g/mol. The molecule has 0 atom stereocenters. The van der Waals surface area contributed by atoms with Crippen molar-refractivity contribution in [3.05, 3.63) is 30.6 Å². The minimum absolute atomic E-state index is 0.546. The Labute approximate surface area is 73.8 Å². The predicted molar refractivity (Wildman–Crippen MR) is 50.7 cm³/mol. The van der Waals surface area contributed by atoms with Gasteiger partial charge in [0.2, 0.25) is 0 Å². The van der Waals surface area contributed by atoms with Crippen molar-refractivity contribution in [2.24, 2.45) is 5.73 Å². The van der Waals surface area contributed by atoms with Crippen molar-refractivity contribution >= 4 is 0 Å². The molecule has 0 aromatic carbocycles. The Morgan fingerprint density at radius 2 is 1.58 bits per heavy atom. The molecule has 1 fully saturated rings. The first-order chi connectivity index (χ1) is 5.89. The summed E-state index contributed by atoms with van der Waals surface area (Å²) in [5, 5.41) is 0. The van der Waals surface area contributed by atoms with Crippen molar-refractivity contribution in [2.45, 2.75) is 31.7 Å². The maximum absolute atomic E-state index is 5.53. The number of nitrogens with two attached hydrogens (primary N) is 1. The lowest BCUT2D eigenvalue weighted by molar-refractivity contribution is 0.704. The Morgan fingerprint density at radius 1 is 1.00 bits per heavy atom. The fraction of sp³-hybridized carbons (Fsp3) is 0.500. The summed E-state index contributed by atoms with van der Waals surface area (Å²) in [7, 11) is 0. The van der Waals surface area contributed by atoms with Gasteiger partial charge < -0.3 is 5.73 Å². The topological polar surface area (TPSA) is 38.9 Å². The molecule has 1 aromatic heterocycles. The van der Waals surface area contributed by atoms with Crippen molar-refractivity contribution < 1.29 is 0 Å². The van der Waals surface area contributed by atoms with Crippen LogP contribution in [-0.2, 0) is 0 Å². The van der Waals surface area contributed by atoms with Gasteiger partial charge in [0.05, 0.1) is 0 Å². The van der Waals surface area contributed by atoms with Crippen LogP contribution in [0.2, 0.25) is 0 Å². The van der Waals surface area contributed by atoms with Crippen molar-refractivity contribution in [3.8, 4) is 0 Å². The largest absolute Gasteiger partial charge is 0.328 e. The first-order valence-electron chi connectivity index (χ1n) is 4.50. The molecule has 0 saturated heterocycles. The molecule has 0 unspecified atom stereocenters. The van der Waals surface area contributed by atoms with Crippen LogP contribution in [-0.4, -0.2) is 11.0 Å². The number of aromatic nitrogens is 1. The number of rotatable bonds is 0. The lowest BCUT2D eigenvalue weighted by atomic mass is 10.3. The van der Waals surface area contributed by atoms with Gasteiger partial charge in [-0.25, -0.2) is 0 Å². The Balaban J connectivity index is 0.000000120. The normalized spacial score (nSPS) is 16.8. The molecule has 1 aromatic rings. The highest BCUT2D eigenvalue weighted by Gasteiger charge is 2.07. The third-order valence-electron chi connectivity index (χ3n) is 1.97. The first kappa shape index (κ1) is 9.20. The van der Waals surface area contributed by atoms with E-state index in [9.17, 15) is 0 Å². The van der Waals surface area contributed by atoms with Crippen LogP contribution in [0, 0.1) is 0 Å². The van der Waals surface area contributed by atoms with Gasteiger partial charge >= 0.3 is 0 Å². The summed E-state index contributed by atoms with van der Waals surface area (Å²) in [5.41, 5.74) is 5.53.